The van der Waals surface area contributed by atoms with Crippen LogP contribution in [0.15, 0.2) is 0 Å². The van der Waals surface area contributed by atoms with E-state index in [9.17, 15) is 4.79 Å². The van der Waals surface area contributed by atoms with Gasteiger partial charge in [0, 0.05) is 12.6 Å². The molecule has 0 radical (unpaired) electrons. The smallest absolute Gasteiger partial charge is 0.233 e. The quantitative estimate of drug-likeness (QED) is 0.759. The van der Waals surface area contributed by atoms with Crippen LogP contribution in [0.5, 0.6) is 0 Å². The predicted molar refractivity (Wildman–Crippen MR) is 78.8 cm³/mol. The molecule has 2 bridgehead atoms. The number of nitrogens with zero attached hydrogens (tertiary/aromatic N) is 1. The largest absolute Gasteiger partial charge is 0.392 e. The van der Waals surface area contributed by atoms with Crippen LogP contribution in [0.3, 0.4) is 0 Å². The molecular formula is C14H23N3OS. The van der Waals surface area contributed by atoms with E-state index in [0.717, 1.165) is 32.2 Å². The third kappa shape index (κ3) is 2.27. The number of amides is 1. The molecule has 0 aromatic heterocycles. The fraction of sp³-hybridized carbons (Fsp3) is 0.857. The first-order valence-electron chi connectivity index (χ1n) is 7.45. The number of rotatable bonds is 3. The van der Waals surface area contributed by atoms with Gasteiger partial charge in [0.1, 0.15) is 0 Å². The van der Waals surface area contributed by atoms with Gasteiger partial charge < -0.3 is 16.0 Å². The van der Waals surface area contributed by atoms with E-state index in [1.165, 1.54) is 25.9 Å². The number of thiocarbonyl (C=S) groups is 1. The van der Waals surface area contributed by atoms with Gasteiger partial charge in [0.15, 0.2) is 0 Å². The van der Waals surface area contributed by atoms with E-state index >= 15 is 0 Å². The zero-order valence-corrected chi connectivity index (χ0v) is 12.2. The Morgan fingerprint density at radius 2 is 1.89 bits per heavy atom. The third-order valence-corrected chi connectivity index (χ3v) is 5.73. The lowest BCUT2D eigenvalue weighted by molar-refractivity contribution is -0.129. The van der Waals surface area contributed by atoms with Gasteiger partial charge in [-0.05, 0) is 44.7 Å². The van der Waals surface area contributed by atoms with Gasteiger partial charge >= 0.3 is 0 Å². The fourth-order valence-corrected chi connectivity index (χ4v) is 4.30. The Labute approximate surface area is 120 Å². The maximum absolute atomic E-state index is 12.7. The van der Waals surface area contributed by atoms with Crippen LogP contribution in [0.1, 0.15) is 38.5 Å². The summed E-state index contributed by atoms with van der Waals surface area (Å²) in [7, 11) is 0. The minimum Gasteiger partial charge on any atom is -0.392 e. The molecule has 1 amide bonds. The number of carbonyl (C=O) groups excluding carboxylic acids is 1. The number of piperidine rings is 3. The van der Waals surface area contributed by atoms with Crippen molar-refractivity contribution in [3.63, 3.8) is 0 Å². The molecule has 1 atom stereocenters. The molecule has 3 N–H and O–H groups in total. The highest BCUT2D eigenvalue weighted by molar-refractivity contribution is 7.80. The molecule has 3 aliphatic heterocycles. The van der Waals surface area contributed by atoms with Crippen molar-refractivity contribution >= 4 is 23.1 Å². The predicted octanol–water partition coefficient (Wildman–Crippen LogP) is 1.04. The SMILES string of the molecule is NC(=S)C1(C(=O)NC2CN3CCC2CC3)CCCC1. The highest BCUT2D eigenvalue weighted by Gasteiger charge is 2.46. The first-order valence-corrected chi connectivity index (χ1v) is 7.86. The normalized spacial score (nSPS) is 36.1. The summed E-state index contributed by atoms with van der Waals surface area (Å²) in [6, 6.07) is 0.307. The average Bonchev–Trinajstić information content (AvgIpc) is 2.90. The molecule has 0 spiro atoms. The van der Waals surface area contributed by atoms with Crippen molar-refractivity contribution in [3.8, 4) is 0 Å². The number of nitrogens with two attached hydrogens (primary N) is 1. The van der Waals surface area contributed by atoms with Gasteiger partial charge in [-0.1, -0.05) is 25.1 Å². The first kappa shape index (κ1) is 13.3. The molecule has 1 aliphatic carbocycles. The van der Waals surface area contributed by atoms with Gasteiger partial charge in [0.2, 0.25) is 5.91 Å². The van der Waals surface area contributed by atoms with Gasteiger partial charge in [0.05, 0.1) is 10.4 Å². The molecule has 1 unspecified atom stereocenters. The highest BCUT2D eigenvalue weighted by Crippen LogP contribution is 2.39. The molecule has 3 saturated heterocycles. The van der Waals surface area contributed by atoms with E-state index in [1.54, 1.807) is 0 Å². The summed E-state index contributed by atoms with van der Waals surface area (Å²) < 4.78 is 0. The van der Waals surface area contributed by atoms with Crippen LogP contribution in [-0.2, 0) is 4.79 Å². The lowest BCUT2D eigenvalue weighted by atomic mass is 9.81. The molecule has 1 saturated carbocycles. The minimum atomic E-state index is -0.554. The molecule has 3 heterocycles. The molecule has 4 aliphatic rings. The van der Waals surface area contributed by atoms with E-state index in [2.05, 4.69) is 10.2 Å². The first-order chi connectivity index (χ1) is 9.12. The summed E-state index contributed by atoms with van der Waals surface area (Å²) in [4.78, 5) is 15.5. The topological polar surface area (TPSA) is 58.4 Å². The number of fused-ring (bicyclic) bond motifs is 3. The molecule has 0 aromatic rings. The summed E-state index contributed by atoms with van der Waals surface area (Å²) in [6.45, 7) is 3.39. The van der Waals surface area contributed by atoms with Crippen molar-refractivity contribution < 1.29 is 4.79 Å². The van der Waals surface area contributed by atoms with Crippen LogP contribution >= 0.6 is 12.2 Å². The second kappa shape index (κ2) is 5.02. The second-order valence-electron chi connectivity index (χ2n) is 6.37. The molecule has 4 nitrogen and oxygen atoms in total. The van der Waals surface area contributed by atoms with Crippen LogP contribution in [0.25, 0.3) is 0 Å². The van der Waals surface area contributed by atoms with Crippen molar-refractivity contribution in [3.05, 3.63) is 0 Å². The Bertz CT molecular complexity index is 384. The monoisotopic (exact) mass is 281 g/mol. The number of hydrogen-bond acceptors (Lipinski definition) is 3. The Morgan fingerprint density at radius 3 is 2.37 bits per heavy atom. The Morgan fingerprint density at radius 1 is 1.26 bits per heavy atom. The summed E-state index contributed by atoms with van der Waals surface area (Å²) in [6.07, 6.45) is 6.20. The van der Waals surface area contributed by atoms with Crippen molar-refractivity contribution in [1.29, 1.82) is 0 Å². The van der Waals surface area contributed by atoms with Gasteiger partial charge in [-0.25, -0.2) is 0 Å². The molecule has 4 rings (SSSR count). The van der Waals surface area contributed by atoms with Crippen LogP contribution in [-0.4, -0.2) is 41.5 Å². The van der Waals surface area contributed by atoms with E-state index in [0.29, 0.717) is 16.9 Å². The molecule has 106 valence electrons. The van der Waals surface area contributed by atoms with Crippen LogP contribution in [0, 0.1) is 11.3 Å². The van der Waals surface area contributed by atoms with Crippen LogP contribution in [0.4, 0.5) is 0 Å². The number of carbonyl (C=O) groups is 1. The van der Waals surface area contributed by atoms with Gasteiger partial charge in [-0.15, -0.1) is 0 Å². The molecule has 5 heteroatoms. The van der Waals surface area contributed by atoms with Crippen molar-refractivity contribution in [2.45, 2.75) is 44.6 Å². The Hall–Kier alpha value is -0.680. The maximum atomic E-state index is 12.7. The average molecular weight is 281 g/mol. The Balaban J connectivity index is 1.69. The summed E-state index contributed by atoms with van der Waals surface area (Å²) in [5.74, 6) is 0.745. The summed E-state index contributed by atoms with van der Waals surface area (Å²) in [5.41, 5.74) is 5.32. The minimum absolute atomic E-state index is 0.0938. The third-order valence-electron chi connectivity index (χ3n) is 5.34. The van der Waals surface area contributed by atoms with Crippen LogP contribution < -0.4 is 11.1 Å². The standard InChI is InChI=1S/C14H23N3OS/c15-12(19)14(5-1-2-6-14)13(18)16-11-9-17-7-3-10(11)4-8-17/h10-11H,1-9H2,(H2,15,19)(H,16,18). The lowest BCUT2D eigenvalue weighted by Crippen LogP contribution is -2.60. The zero-order chi connectivity index (χ0) is 13.5. The lowest BCUT2D eigenvalue weighted by Gasteiger charge is -2.45. The fourth-order valence-electron chi connectivity index (χ4n) is 4.00. The molecule has 4 fully saturated rings. The van der Waals surface area contributed by atoms with E-state index in [-0.39, 0.29) is 5.91 Å². The summed E-state index contributed by atoms with van der Waals surface area (Å²) >= 11 is 5.18. The van der Waals surface area contributed by atoms with Gasteiger partial charge in [-0.2, -0.15) is 0 Å². The van der Waals surface area contributed by atoms with Crippen molar-refractivity contribution in [1.82, 2.24) is 10.2 Å². The highest BCUT2D eigenvalue weighted by atomic mass is 32.1. The zero-order valence-electron chi connectivity index (χ0n) is 11.4. The van der Waals surface area contributed by atoms with Gasteiger partial charge in [0.25, 0.3) is 0 Å². The second-order valence-corrected chi connectivity index (χ2v) is 6.81. The number of nitrogens with one attached hydrogen (secondary N) is 1. The summed E-state index contributed by atoms with van der Waals surface area (Å²) in [5, 5.41) is 3.27. The molecular weight excluding hydrogens is 258 g/mol. The van der Waals surface area contributed by atoms with Gasteiger partial charge in [-0.3, -0.25) is 4.79 Å². The molecule has 0 aromatic carbocycles. The number of hydrogen-bond donors (Lipinski definition) is 2. The van der Waals surface area contributed by atoms with E-state index in [1.807, 2.05) is 0 Å². The van der Waals surface area contributed by atoms with Crippen LogP contribution in [0.2, 0.25) is 0 Å². The van der Waals surface area contributed by atoms with Crippen molar-refractivity contribution in [2.24, 2.45) is 17.1 Å². The van der Waals surface area contributed by atoms with E-state index in [4.69, 9.17) is 18.0 Å². The maximum Gasteiger partial charge on any atom is 0.233 e. The van der Waals surface area contributed by atoms with Crippen molar-refractivity contribution in [2.75, 3.05) is 19.6 Å². The molecule has 19 heavy (non-hydrogen) atoms. The van der Waals surface area contributed by atoms with E-state index < -0.39 is 5.41 Å². The Kier molecular flexibility index (Phi) is 3.52.